The van der Waals surface area contributed by atoms with Crippen LogP contribution in [0.15, 0.2) is 69.7 Å². The Morgan fingerprint density at radius 2 is 1.80 bits per heavy atom. The Hall–Kier alpha value is -3.87. The summed E-state index contributed by atoms with van der Waals surface area (Å²) in [6.45, 7) is 2.27. The molecule has 150 valence electrons. The molecule has 2 aromatic heterocycles. The Balaban J connectivity index is 1.24. The number of hydrogen-bond donors (Lipinski definition) is 1. The molecule has 4 aromatic rings. The first-order valence-corrected chi connectivity index (χ1v) is 9.71. The third-order valence-corrected chi connectivity index (χ3v) is 4.97. The third kappa shape index (κ3) is 3.57. The number of nitrogens with one attached hydrogen (secondary N) is 1. The van der Waals surface area contributed by atoms with E-state index < -0.39 is 0 Å². The molecule has 0 saturated heterocycles. The Labute approximate surface area is 172 Å². The van der Waals surface area contributed by atoms with Gasteiger partial charge in [0.1, 0.15) is 17.5 Å². The van der Waals surface area contributed by atoms with Gasteiger partial charge in [0, 0.05) is 29.7 Å². The predicted octanol–water partition coefficient (Wildman–Crippen LogP) is 4.25. The number of nitrogens with zero attached hydrogens (tertiary/aromatic N) is 2. The number of hydrogen-bond acceptors (Lipinski definition) is 6. The largest absolute Gasteiger partial charge is 0.490 e. The Morgan fingerprint density at radius 1 is 1.00 bits per heavy atom. The van der Waals surface area contributed by atoms with Crippen molar-refractivity contribution in [3.8, 4) is 28.4 Å². The molecule has 0 bridgehead atoms. The summed E-state index contributed by atoms with van der Waals surface area (Å²) in [7, 11) is 0. The van der Waals surface area contributed by atoms with Gasteiger partial charge in [-0.25, -0.2) is 0 Å². The van der Waals surface area contributed by atoms with Gasteiger partial charge in [0.25, 0.3) is 5.91 Å². The van der Waals surface area contributed by atoms with Gasteiger partial charge in [-0.15, -0.1) is 0 Å². The zero-order valence-electron chi connectivity index (χ0n) is 16.3. The molecule has 3 heterocycles. The molecule has 1 atom stereocenters. The average molecular weight is 401 g/mol. The van der Waals surface area contributed by atoms with Crippen molar-refractivity contribution in [2.24, 2.45) is 0 Å². The fourth-order valence-electron chi connectivity index (χ4n) is 3.49. The van der Waals surface area contributed by atoms with Crippen LogP contribution >= 0.6 is 0 Å². The van der Waals surface area contributed by atoms with Crippen molar-refractivity contribution in [3.63, 3.8) is 0 Å². The summed E-state index contributed by atoms with van der Waals surface area (Å²) in [5, 5.41) is 10.7. The molecule has 1 unspecified atom stereocenters. The van der Waals surface area contributed by atoms with Crippen LogP contribution in [0.1, 0.15) is 28.7 Å². The van der Waals surface area contributed by atoms with Gasteiger partial charge < -0.3 is 19.1 Å². The molecule has 2 aromatic carbocycles. The van der Waals surface area contributed by atoms with E-state index in [1.165, 1.54) is 0 Å². The van der Waals surface area contributed by atoms with Gasteiger partial charge in [-0.1, -0.05) is 40.6 Å². The maximum Gasteiger partial charge on any atom is 0.273 e. The minimum absolute atomic E-state index is 0.190. The topological polar surface area (TPSA) is 90.4 Å². The molecule has 0 fully saturated rings. The number of carbonyl (C=O) groups excluding carboxylic acids is 1. The van der Waals surface area contributed by atoms with Gasteiger partial charge in [0.05, 0.1) is 6.54 Å². The van der Waals surface area contributed by atoms with Crippen molar-refractivity contribution in [2.75, 3.05) is 0 Å². The van der Waals surface area contributed by atoms with Crippen molar-refractivity contribution in [1.29, 1.82) is 0 Å². The SMILES string of the molecule is CC1Cc2cc(-c3cc(CNC(=O)c4cc(-c5ccccc5)on4)no3)ccc2O1. The zero-order valence-corrected chi connectivity index (χ0v) is 16.3. The molecule has 1 N–H and O–H groups in total. The van der Waals surface area contributed by atoms with Crippen LogP contribution in [0.2, 0.25) is 0 Å². The first-order valence-electron chi connectivity index (χ1n) is 9.71. The quantitative estimate of drug-likeness (QED) is 0.538. The highest BCUT2D eigenvalue weighted by Gasteiger charge is 2.20. The lowest BCUT2D eigenvalue weighted by Gasteiger charge is -2.02. The zero-order chi connectivity index (χ0) is 20.5. The van der Waals surface area contributed by atoms with Crippen LogP contribution in [-0.2, 0) is 13.0 Å². The Bertz CT molecular complexity index is 1200. The molecule has 5 rings (SSSR count). The minimum atomic E-state index is -0.339. The monoisotopic (exact) mass is 401 g/mol. The summed E-state index contributed by atoms with van der Waals surface area (Å²) in [6, 6.07) is 18.9. The average Bonchev–Trinajstić information content (AvgIpc) is 3.50. The van der Waals surface area contributed by atoms with E-state index in [1.807, 2.05) is 55.5 Å². The number of amides is 1. The first-order chi connectivity index (χ1) is 14.7. The first kappa shape index (κ1) is 18.2. The lowest BCUT2D eigenvalue weighted by atomic mass is 10.1. The van der Waals surface area contributed by atoms with Crippen molar-refractivity contribution in [3.05, 3.63) is 77.6 Å². The van der Waals surface area contributed by atoms with Crippen LogP contribution in [0, 0.1) is 0 Å². The van der Waals surface area contributed by atoms with Crippen LogP contribution in [0.25, 0.3) is 22.6 Å². The Kier molecular flexibility index (Phi) is 4.55. The summed E-state index contributed by atoms with van der Waals surface area (Å²) < 4.78 is 16.5. The predicted molar refractivity (Wildman–Crippen MR) is 109 cm³/mol. The van der Waals surface area contributed by atoms with Crippen molar-refractivity contribution in [2.45, 2.75) is 26.0 Å². The number of fused-ring (bicyclic) bond motifs is 1. The number of aromatic nitrogens is 2. The standard InChI is InChI=1S/C23H19N3O4/c1-14-9-17-10-16(7-8-20(17)28-14)21-11-18(25-29-21)13-24-23(27)19-12-22(30-26-19)15-5-3-2-4-6-15/h2-8,10-12,14H,9,13H2,1H3,(H,24,27). The van der Waals surface area contributed by atoms with E-state index in [1.54, 1.807) is 6.07 Å². The minimum Gasteiger partial charge on any atom is -0.490 e. The second-order valence-corrected chi connectivity index (χ2v) is 7.26. The maximum absolute atomic E-state index is 12.4. The molecule has 1 aliphatic heterocycles. The van der Waals surface area contributed by atoms with E-state index in [2.05, 4.69) is 21.7 Å². The van der Waals surface area contributed by atoms with E-state index in [4.69, 9.17) is 13.8 Å². The molecule has 7 nitrogen and oxygen atoms in total. The molecular weight excluding hydrogens is 382 g/mol. The molecule has 30 heavy (non-hydrogen) atoms. The molecule has 1 amide bonds. The second kappa shape index (κ2) is 7.51. The fraction of sp³-hybridized carbons (Fsp3) is 0.174. The second-order valence-electron chi connectivity index (χ2n) is 7.26. The van der Waals surface area contributed by atoms with Crippen molar-refractivity contribution in [1.82, 2.24) is 15.6 Å². The van der Waals surface area contributed by atoms with Gasteiger partial charge in [-0.3, -0.25) is 4.79 Å². The molecule has 0 radical (unpaired) electrons. The molecule has 0 saturated carbocycles. The smallest absolute Gasteiger partial charge is 0.273 e. The third-order valence-electron chi connectivity index (χ3n) is 4.97. The highest BCUT2D eigenvalue weighted by Crippen LogP contribution is 2.33. The fourth-order valence-corrected chi connectivity index (χ4v) is 3.49. The molecule has 0 spiro atoms. The van der Waals surface area contributed by atoms with E-state index in [-0.39, 0.29) is 24.2 Å². The van der Waals surface area contributed by atoms with Gasteiger partial charge in [0.2, 0.25) is 0 Å². The normalized spacial score (nSPS) is 14.9. The summed E-state index contributed by atoms with van der Waals surface area (Å²) in [4.78, 5) is 12.4. The highest BCUT2D eigenvalue weighted by atomic mass is 16.5. The Morgan fingerprint density at radius 3 is 2.67 bits per heavy atom. The van der Waals surface area contributed by atoms with Crippen molar-refractivity contribution < 1.29 is 18.6 Å². The van der Waals surface area contributed by atoms with Gasteiger partial charge in [0.15, 0.2) is 17.2 Å². The van der Waals surface area contributed by atoms with Crippen LogP contribution < -0.4 is 10.1 Å². The summed E-state index contributed by atoms with van der Waals surface area (Å²) >= 11 is 0. The van der Waals surface area contributed by atoms with E-state index in [9.17, 15) is 4.79 Å². The summed E-state index contributed by atoms with van der Waals surface area (Å²) in [6.07, 6.45) is 1.07. The van der Waals surface area contributed by atoms with E-state index >= 15 is 0 Å². The molecule has 7 heteroatoms. The lowest BCUT2D eigenvalue weighted by molar-refractivity contribution is 0.0941. The van der Waals surface area contributed by atoms with Crippen LogP contribution in [-0.4, -0.2) is 22.3 Å². The summed E-state index contributed by atoms with van der Waals surface area (Å²) in [5.74, 6) is 1.77. The van der Waals surface area contributed by atoms with Gasteiger partial charge in [-0.05, 0) is 30.7 Å². The van der Waals surface area contributed by atoms with Crippen LogP contribution in [0.4, 0.5) is 0 Å². The van der Waals surface area contributed by atoms with Crippen LogP contribution in [0.5, 0.6) is 5.75 Å². The summed E-state index contributed by atoms with van der Waals surface area (Å²) in [5.41, 5.74) is 3.78. The van der Waals surface area contributed by atoms with E-state index in [0.717, 1.165) is 28.9 Å². The number of ether oxygens (including phenoxy) is 1. The maximum atomic E-state index is 12.4. The number of benzene rings is 2. The molecule has 1 aliphatic rings. The molecular formula is C23H19N3O4. The molecule has 0 aliphatic carbocycles. The van der Waals surface area contributed by atoms with E-state index in [0.29, 0.717) is 17.2 Å². The van der Waals surface area contributed by atoms with Crippen LogP contribution in [0.3, 0.4) is 0 Å². The van der Waals surface area contributed by atoms with Gasteiger partial charge in [-0.2, -0.15) is 0 Å². The highest BCUT2D eigenvalue weighted by molar-refractivity contribution is 5.93. The van der Waals surface area contributed by atoms with Crippen molar-refractivity contribution >= 4 is 5.91 Å². The van der Waals surface area contributed by atoms with Gasteiger partial charge >= 0.3 is 0 Å². The number of rotatable bonds is 5. The lowest BCUT2D eigenvalue weighted by Crippen LogP contribution is -2.23. The number of carbonyl (C=O) groups is 1.